The van der Waals surface area contributed by atoms with Gasteiger partial charge in [-0.2, -0.15) is 18.3 Å². The molecule has 0 fully saturated rings. The molecule has 1 aromatic heterocycles. The van der Waals surface area contributed by atoms with E-state index in [1.807, 2.05) is 6.92 Å². The summed E-state index contributed by atoms with van der Waals surface area (Å²) < 4.78 is 39.4. The summed E-state index contributed by atoms with van der Waals surface area (Å²) in [4.78, 5) is 12.3. The molecule has 0 atom stereocenters. The molecule has 0 bridgehead atoms. The third-order valence-electron chi connectivity index (χ3n) is 3.21. The topological polar surface area (TPSA) is 46.9 Å². The molecule has 1 heterocycles. The van der Waals surface area contributed by atoms with Crippen LogP contribution in [0.3, 0.4) is 0 Å². The first kappa shape index (κ1) is 17.3. The number of rotatable bonds is 4. The first-order valence-corrected chi connectivity index (χ1v) is 7.31. The van der Waals surface area contributed by atoms with E-state index >= 15 is 0 Å². The van der Waals surface area contributed by atoms with Gasteiger partial charge in [-0.1, -0.05) is 31.0 Å². The van der Waals surface area contributed by atoms with E-state index in [9.17, 15) is 18.0 Å². The molecule has 0 unspecified atom stereocenters. The molecule has 23 heavy (non-hydrogen) atoms. The van der Waals surface area contributed by atoms with Gasteiger partial charge in [0.1, 0.15) is 5.69 Å². The zero-order valence-corrected chi connectivity index (χ0v) is 13.3. The van der Waals surface area contributed by atoms with Gasteiger partial charge in [0, 0.05) is 12.7 Å². The number of amides is 1. The van der Waals surface area contributed by atoms with Gasteiger partial charge in [-0.3, -0.25) is 9.48 Å². The van der Waals surface area contributed by atoms with Gasteiger partial charge in [-0.25, -0.2) is 0 Å². The van der Waals surface area contributed by atoms with Crippen LogP contribution in [0.5, 0.6) is 0 Å². The lowest BCUT2D eigenvalue weighted by Gasteiger charge is -2.10. The molecule has 0 aliphatic rings. The van der Waals surface area contributed by atoms with Gasteiger partial charge in [-0.15, -0.1) is 0 Å². The van der Waals surface area contributed by atoms with Crippen LogP contribution >= 0.6 is 11.6 Å². The Morgan fingerprint density at radius 2 is 2.09 bits per heavy atom. The van der Waals surface area contributed by atoms with Gasteiger partial charge in [0.2, 0.25) is 0 Å². The summed E-state index contributed by atoms with van der Waals surface area (Å²) in [6.45, 7) is 1.95. The Bertz CT molecular complexity index is 725. The number of hydrogen-bond acceptors (Lipinski definition) is 2. The highest BCUT2D eigenvalue weighted by Gasteiger charge is 2.30. The molecular weight excluding hydrogens is 331 g/mol. The first-order valence-electron chi connectivity index (χ1n) is 6.94. The number of aryl methyl sites for hydroxylation is 2. The van der Waals surface area contributed by atoms with E-state index in [2.05, 4.69) is 10.4 Å². The van der Waals surface area contributed by atoms with Crippen molar-refractivity contribution in [2.45, 2.75) is 25.9 Å². The zero-order chi connectivity index (χ0) is 17.2. The van der Waals surface area contributed by atoms with Crippen LogP contribution in [-0.4, -0.2) is 15.7 Å². The predicted octanol–water partition coefficient (Wildman–Crippen LogP) is 4.30. The molecule has 124 valence electrons. The molecule has 0 saturated carbocycles. The lowest BCUT2D eigenvalue weighted by molar-refractivity contribution is -0.137. The second kappa shape index (κ2) is 6.62. The highest BCUT2D eigenvalue weighted by molar-refractivity contribution is 6.34. The number of aromatic nitrogens is 2. The fraction of sp³-hybridized carbons (Fsp3) is 0.333. The normalized spacial score (nSPS) is 11.6. The Kier molecular flexibility index (Phi) is 4.99. The fourth-order valence-corrected chi connectivity index (χ4v) is 2.50. The van der Waals surface area contributed by atoms with E-state index in [4.69, 9.17) is 11.6 Å². The third-order valence-corrected chi connectivity index (χ3v) is 3.60. The maximum atomic E-state index is 12.7. The molecule has 1 amide bonds. The van der Waals surface area contributed by atoms with Crippen LogP contribution in [0.2, 0.25) is 5.02 Å². The number of carbonyl (C=O) groups is 1. The van der Waals surface area contributed by atoms with Crippen molar-refractivity contribution in [2.24, 2.45) is 7.05 Å². The number of halogens is 4. The second-order valence-electron chi connectivity index (χ2n) is 5.02. The quantitative estimate of drug-likeness (QED) is 0.898. The molecule has 4 nitrogen and oxygen atoms in total. The van der Waals surface area contributed by atoms with E-state index in [-0.39, 0.29) is 16.4 Å². The maximum Gasteiger partial charge on any atom is 0.416 e. The maximum absolute atomic E-state index is 12.7. The smallest absolute Gasteiger partial charge is 0.321 e. The molecule has 0 radical (unpaired) electrons. The summed E-state index contributed by atoms with van der Waals surface area (Å²) in [5, 5.41) is 6.81. The van der Waals surface area contributed by atoms with Crippen LogP contribution in [0.1, 0.15) is 35.1 Å². The van der Waals surface area contributed by atoms with Crippen LogP contribution < -0.4 is 5.32 Å². The van der Waals surface area contributed by atoms with Gasteiger partial charge in [0.25, 0.3) is 5.91 Å². The molecule has 2 rings (SSSR count). The van der Waals surface area contributed by atoms with E-state index in [0.717, 1.165) is 18.6 Å². The summed E-state index contributed by atoms with van der Waals surface area (Å²) in [5.41, 5.74) is -0.0874. The molecule has 0 aliphatic carbocycles. The number of anilines is 1. The van der Waals surface area contributed by atoms with Crippen molar-refractivity contribution in [1.29, 1.82) is 0 Å². The van der Waals surface area contributed by atoms with Crippen LogP contribution in [0.4, 0.5) is 18.9 Å². The molecule has 0 saturated heterocycles. The van der Waals surface area contributed by atoms with Crippen LogP contribution in [0, 0.1) is 0 Å². The van der Waals surface area contributed by atoms with Crippen molar-refractivity contribution in [3.05, 3.63) is 46.2 Å². The highest BCUT2D eigenvalue weighted by atomic mass is 35.5. The summed E-state index contributed by atoms with van der Waals surface area (Å²) in [5.74, 6) is -0.605. The minimum Gasteiger partial charge on any atom is -0.321 e. The van der Waals surface area contributed by atoms with Crippen molar-refractivity contribution in [3.8, 4) is 0 Å². The average Bonchev–Trinajstić information content (AvgIpc) is 2.73. The van der Waals surface area contributed by atoms with E-state index in [0.29, 0.717) is 12.1 Å². The Labute approximate surface area is 136 Å². The van der Waals surface area contributed by atoms with Crippen LogP contribution in [0.25, 0.3) is 0 Å². The summed E-state index contributed by atoms with van der Waals surface area (Å²) in [6.07, 6.45) is -3.05. The van der Waals surface area contributed by atoms with Gasteiger partial charge in [-0.05, 0) is 24.6 Å². The summed E-state index contributed by atoms with van der Waals surface area (Å²) >= 11 is 6.15. The minimum absolute atomic E-state index is 0.0409. The Morgan fingerprint density at radius 1 is 1.39 bits per heavy atom. The third kappa shape index (κ3) is 3.85. The number of nitrogens with one attached hydrogen (secondary N) is 1. The Morgan fingerprint density at radius 3 is 2.70 bits per heavy atom. The van der Waals surface area contributed by atoms with Crippen molar-refractivity contribution in [1.82, 2.24) is 9.78 Å². The summed E-state index contributed by atoms with van der Waals surface area (Å²) in [7, 11) is 1.56. The SMILES string of the molecule is CCCc1nn(C)c(C(=O)Nc2cccc(C(F)(F)F)c2)c1Cl. The number of hydrogen-bond donors (Lipinski definition) is 1. The Hall–Kier alpha value is -2.02. The molecule has 0 spiro atoms. The Balaban J connectivity index is 2.26. The van der Waals surface area contributed by atoms with Crippen molar-refractivity contribution in [2.75, 3.05) is 5.32 Å². The van der Waals surface area contributed by atoms with E-state index in [1.165, 1.54) is 16.8 Å². The van der Waals surface area contributed by atoms with Crippen molar-refractivity contribution in [3.63, 3.8) is 0 Å². The number of benzene rings is 1. The van der Waals surface area contributed by atoms with Gasteiger partial charge >= 0.3 is 6.18 Å². The molecule has 1 N–H and O–H groups in total. The molecule has 1 aromatic carbocycles. The second-order valence-corrected chi connectivity index (χ2v) is 5.39. The zero-order valence-electron chi connectivity index (χ0n) is 12.5. The fourth-order valence-electron chi connectivity index (χ4n) is 2.16. The van der Waals surface area contributed by atoms with Crippen molar-refractivity contribution >= 4 is 23.2 Å². The lowest BCUT2D eigenvalue weighted by Crippen LogP contribution is -2.17. The highest BCUT2D eigenvalue weighted by Crippen LogP contribution is 2.31. The van der Waals surface area contributed by atoms with Crippen LogP contribution in [-0.2, 0) is 19.6 Å². The molecular formula is C15H15ClF3N3O. The summed E-state index contributed by atoms with van der Waals surface area (Å²) in [6, 6.07) is 4.41. The number of alkyl halides is 3. The van der Waals surface area contributed by atoms with Gasteiger partial charge < -0.3 is 5.32 Å². The largest absolute Gasteiger partial charge is 0.416 e. The predicted molar refractivity (Wildman–Crippen MR) is 81.6 cm³/mol. The first-order chi connectivity index (χ1) is 10.7. The lowest BCUT2D eigenvalue weighted by atomic mass is 10.2. The van der Waals surface area contributed by atoms with Crippen LogP contribution in [0.15, 0.2) is 24.3 Å². The van der Waals surface area contributed by atoms with Gasteiger partial charge in [0.05, 0.1) is 16.3 Å². The van der Waals surface area contributed by atoms with Crippen molar-refractivity contribution < 1.29 is 18.0 Å². The van der Waals surface area contributed by atoms with E-state index < -0.39 is 17.6 Å². The molecule has 8 heteroatoms. The standard InChI is InChI=1S/C15H15ClF3N3O/c1-3-5-11-12(16)13(22(2)21-11)14(23)20-10-7-4-6-9(8-10)15(17,18)19/h4,6-8H,3,5H2,1-2H3,(H,20,23). The average molecular weight is 346 g/mol. The molecule has 0 aliphatic heterocycles. The minimum atomic E-state index is -4.47. The number of nitrogens with zero attached hydrogens (tertiary/aromatic N) is 2. The van der Waals surface area contributed by atoms with Gasteiger partial charge in [0.15, 0.2) is 0 Å². The monoisotopic (exact) mass is 345 g/mol. The van der Waals surface area contributed by atoms with E-state index in [1.54, 1.807) is 7.05 Å². The number of carbonyl (C=O) groups excluding carboxylic acids is 1. The molecule has 2 aromatic rings.